The molecule has 1 heterocycles. The van der Waals surface area contributed by atoms with Crippen molar-refractivity contribution < 1.29 is 0 Å². The Bertz CT molecular complexity index is 4120. The third kappa shape index (κ3) is 9.64. The molecule has 14 aromatic rings. The van der Waals surface area contributed by atoms with Crippen molar-refractivity contribution in [3.8, 4) is 72.4 Å². The van der Waals surface area contributed by atoms with Gasteiger partial charge in [-0.3, -0.25) is 0 Å². The van der Waals surface area contributed by atoms with Crippen molar-refractivity contribution in [2.45, 2.75) is 0 Å². The highest BCUT2D eigenvalue weighted by Crippen LogP contribution is 2.43. The summed E-state index contributed by atoms with van der Waals surface area (Å²) in [4.78, 5) is 4.60. The van der Waals surface area contributed by atoms with E-state index in [0.29, 0.717) is 0 Å². The van der Waals surface area contributed by atoms with E-state index in [1.807, 2.05) is 0 Å². The number of hydrogen-bond donors (Lipinski definition) is 0. The molecule has 14 rings (SSSR count). The van der Waals surface area contributed by atoms with E-state index < -0.39 is 0 Å². The van der Waals surface area contributed by atoms with Gasteiger partial charge in [-0.2, -0.15) is 0 Å². The zero-order valence-electron chi connectivity index (χ0n) is 44.6. The van der Waals surface area contributed by atoms with Crippen molar-refractivity contribution in [3.63, 3.8) is 0 Å². The number of rotatable bonds is 13. The fourth-order valence-electron chi connectivity index (χ4n) is 11.6. The molecule has 0 aliphatic carbocycles. The molecule has 0 radical (unpaired) electrons. The molecular weight excluding hydrogens is 979 g/mol. The minimum Gasteiger partial charge on any atom is -0.311 e. The highest BCUT2D eigenvalue weighted by molar-refractivity contribution is 6.12. The van der Waals surface area contributed by atoms with Crippen molar-refractivity contribution in [2.75, 3.05) is 9.80 Å². The molecule has 0 spiro atoms. The molecule has 0 saturated heterocycles. The van der Waals surface area contributed by atoms with Crippen LogP contribution in [0.1, 0.15) is 0 Å². The summed E-state index contributed by atoms with van der Waals surface area (Å²) in [6, 6.07) is 121. The Morgan fingerprint density at radius 2 is 0.432 bits per heavy atom. The lowest BCUT2D eigenvalue weighted by Crippen LogP contribution is -2.09. The monoisotopic (exact) mass is 1030 g/mol. The van der Waals surface area contributed by atoms with E-state index in [0.717, 1.165) is 50.8 Å². The molecule has 0 bridgehead atoms. The maximum Gasteiger partial charge on any atom is 0.0541 e. The Hall–Kier alpha value is -10.7. The second kappa shape index (κ2) is 21.6. The Morgan fingerprint density at radius 1 is 0.185 bits per heavy atom. The molecule has 0 amide bonds. The van der Waals surface area contributed by atoms with Gasteiger partial charge in [0, 0.05) is 50.5 Å². The van der Waals surface area contributed by atoms with Crippen molar-refractivity contribution in [2.24, 2.45) is 0 Å². The second-order valence-corrected chi connectivity index (χ2v) is 20.5. The molecule has 0 fully saturated rings. The van der Waals surface area contributed by atoms with E-state index in [-0.39, 0.29) is 0 Å². The van der Waals surface area contributed by atoms with Gasteiger partial charge in [0.15, 0.2) is 0 Å². The lowest BCUT2D eigenvalue weighted by molar-refractivity contribution is 1.18. The van der Waals surface area contributed by atoms with Gasteiger partial charge < -0.3 is 14.4 Å². The number of benzene rings is 13. The molecule has 0 N–H and O–H groups in total. The van der Waals surface area contributed by atoms with E-state index in [2.05, 4.69) is 348 Å². The summed E-state index contributed by atoms with van der Waals surface area (Å²) in [5.41, 5.74) is 24.3. The molecule has 0 unspecified atom stereocenters. The highest BCUT2D eigenvalue weighted by atomic mass is 15.1. The molecule has 0 atom stereocenters. The molecule has 0 saturated carbocycles. The van der Waals surface area contributed by atoms with Crippen molar-refractivity contribution in [3.05, 3.63) is 334 Å². The first-order valence-corrected chi connectivity index (χ1v) is 27.7. The van der Waals surface area contributed by atoms with Crippen LogP contribution in [-0.2, 0) is 0 Å². The first-order valence-electron chi connectivity index (χ1n) is 27.7. The van der Waals surface area contributed by atoms with Crippen LogP contribution in [0.3, 0.4) is 0 Å². The fourth-order valence-corrected chi connectivity index (χ4v) is 11.6. The van der Waals surface area contributed by atoms with Crippen molar-refractivity contribution in [1.82, 2.24) is 4.57 Å². The first kappa shape index (κ1) is 48.6. The molecule has 0 aliphatic heterocycles. The summed E-state index contributed by atoms with van der Waals surface area (Å²) in [5, 5.41) is 2.40. The van der Waals surface area contributed by atoms with Crippen LogP contribution in [0.2, 0.25) is 0 Å². The van der Waals surface area contributed by atoms with Crippen LogP contribution in [0.5, 0.6) is 0 Å². The van der Waals surface area contributed by atoms with Crippen LogP contribution in [0.4, 0.5) is 34.1 Å². The van der Waals surface area contributed by atoms with Crippen LogP contribution in [0, 0.1) is 0 Å². The number of hydrogen-bond acceptors (Lipinski definition) is 2. The molecule has 382 valence electrons. The molecule has 0 aliphatic rings. The predicted molar refractivity (Wildman–Crippen MR) is 343 cm³/mol. The minimum atomic E-state index is 1.11. The predicted octanol–water partition coefficient (Wildman–Crippen LogP) is 21.7. The smallest absolute Gasteiger partial charge is 0.0541 e. The average molecular weight is 1030 g/mol. The first-order chi connectivity index (χ1) is 40.2. The number of nitrogens with zero attached hydrogens (tertiary/aromatic N) is 3. The SMILES string of the molecule is c1ccc(-c2ccc(-n3c4ccc(-c5ccc(-c6ccc(N(c7ccccc7)c7ccccc7)cc6)cc5)cc4c4cc(-c5ccc(-c6ccc(N(c7ccccc7)c7ccccc7)cc6)cc5)ccc43)c(-c3ccccc3)c2)cc1. The van der Waals surface area contributed by atoms with E-state index >= 15 is 0 Å². The van der Waals surface area contributed by atoms with Gasteiger partial charge in [-0.05, 0) is 170 Å². The molecule has 3 heteroatoms. The number of aromatic nitrogens is 1. The summed E-state index contributed by atoms with van der Waals surface area (Å²) in [5.74, 6) is 0. The zero-order chi connectivity index (χ0) is 53.9. The summed E-state index contributed by atoms with van der Waals surface area (Å²) >= 11 is 0. The summed E-state index contributed by atoms with van der Waals surface area (Å²) in [6.45, 7) is 0. The normalized spacial score (nSPS) is 11.2. The van der Waals surface area contributed by atoms with Gasteiger partial charge in [-0.25, -0.2) is 0 Å². The van der Waals surface area contributed by atoms with Gasteiger partial charge >= 0.3 is 0 Å². The van der Waals surface area contributed by atoms with Crippen LogP contribution < -0.4 is 9.80 Å². The third-order valence-electron chi connectivity index (χ3n) is 15.6. The molecule has 1 aromatic heterocycles. The number of fused-ring (bicyclic) bond motifs is 3. The van der Waals surface area contributed by atoms with E-state index in [4.69, 9.17) is 0 Å². The largest absolute Gasteiger partial charge is 0.311 e. The molecular formula is C78H55N3. The Kier molecular flexibility index (Phi) is 13.0. The van der Waals surface area contributed by atoms with E-state index in [1.54, 1.807) is 0 Å². The van der Waals surface area contributed by atoms with Crippen molar-refractivity contribution >= 4 is 55.9 Å². The molecule has 3 nitrogen and oxygen atoms in total. The fraction of sp³-hybridized carbons (Fsp3) is 0. The summed E-state index contributed by atoms with van der Waals surface area (Å²) in [7, 11) is 0. The lowest BCUT2D eigenvalue weighted by atomic mass is 9.97. The van der Waals surface area contributed by atoms with Gasteiger partial charge in [0.25, 0.3) is 0 Å². The Morgan fingerprint density at radius 3 is 0.790 bits per heavy atom. The van der Waals surface area contributed by atoms with Gasteiger partial charge in [0.1, 0.15) is 0 Å². The average Bonchev–Trinajstić information content (AvgIpc) is 4.14. The highest BCUT2D eigenvalue weighted by Gasteiger charge is 2.20. The molecule has 81 heavy (non-hydrogen) atoms. The number of para-hydroxylation sites is 4. The zero-order valence-corrected chi connectivity index (χ0v) is 44.6. The van der Waals surface area contributed by atoms with Gasteiger partial charge in [0.05, 0.1) is 16.7 Å². The lowest BCUT2D eigenvalue weighted by Gasteiger charge is -2.25. The van der Waals surface area contributed by atoms with Crippen molar-refractivity contribution in [1.29, 1.82) is 0 Å². The quantitative estimate of drug-likeness (QED) is 0.114. The topological polar surface area (TPSA) is 11.4 Å². The second-order valence-electron chi connectivity index (χ2n) is 20.5. The number of anilines is 6. The van der Waals surface area contributed by atoms with Gasteiger partial charge in [-0.15, -0.1) is 0 Å². The van der Waals surface area contributed by atoms with E-state index in [1.165, 1.54) is 77.5 Å². The molecule has 13 aromatic carbocycles. The van der Waals surface area contributed by atoms with Crippen LogP contribution >= 0.6 is 0 Å². The van der Waals surface area contributed by atoms with Crippen LogP contribution in [0.25, 0.3) is 94.3 Å². The van der Waals surface area contributed by atoms with Crippen LogP contribution in [-0.4, -0.2) is 4.57 Å². The Balaban J connectivity index is 0.829. The standard InChI is InChI=1S/C78H55N3/c1-7-19-56(20-8-1)64-43-50-76(73(53-64)63-21-9-2-10-22-63)81-77-51-44-65(61-35-31-57(32-36-61)59-39-46-71(47-40-59)79(67-23-11-3-12-24-67)68-25-13-4-14-26-68)54-74(77)75-55-66(45-52-78(75)81)62-37-33-58(34-38-62)60-41-48-72(49-42-60)80(69-27-15-5-16-28-69)70-29-17-6-18-30-70/h1-55H. The maximum absolute atomic E-state index is 2.47. The van der Waals surface area contributed by atoms with E-state index in [9.17, 15) is 0 Å². The summed E-state index contributed by atoms with van der Waals surface area (Å²) < 4.78 is 2.47. The third-order valence-corrected chi connectivity index (χ3v) is 15.6. The minimum absolute atomic E-state index is 1.11. The maximum atomic E-state index is 2.47. The van der Waals surface area contributed by atoms with Crippen LogP contribution in [0.15, 0.2) is 334 Å². The Labute approximate surface area is 473 Å². The summed E-state index contributed by atoms with van der Waals surface area (Å²) in [6.07, 6.45) is 0. The van der Waals surface area contributed by atoms with Gasteiger partial charge in [0.2, 0.25) is 0 Å². The van der Waals surface area contributed by atoms with Gasteiger partial charge in [-0.1, -0.05) is 224 Å².